The molecule has 0 unspecified atom stereocenters. The van der Waals surface area contributed by atoms with Gasteiger partial charge in [-0.05, 0) is 43.2 Å². The average molecular weight is 261 g/mol. The molecule has 3 nitrogen and oxygen atoms in total. The Morgan fingerprint density at radius 2 is 2.26 bits per heavy atom. The summed E-state index contributed by atoms with van der Waals surface area (Å²) in [5.74, 6) is 0.791. The highest BCUT2D eigenvalue weighted by Gasteiger charge is 2.15. The van der Waals surface area contributed by atoms with Crippen LogP contribution in [0.4, 0.5) is 0 Å². The highest BCUT2D eigenvalue weighted by Crippen LogP contribution is 2.15. The smallest absolute Gasteiger partial charge is 0.220 e. The Hall–Kier alpha value is -1.35. The maximum absolute atomic E-state index is 11.8. The summed E-state index contributed by atoms with van der Waals surface area (Å²) in [6, 6.07) is 8.24. The van der Waals surface area contributed by atoms with Gasteiger partial charge in [-0.1, -0.05) is 24.3 Å². The van der Waals surface area contributed by atoms with Crippen LogP contribution in [0.25, 0.3) is 0 Å². The van der Waals surface area contributed by atoms with Gasteiger partial charge in [0.15, 0.2) is 0 Å². The number of rotatable bonds is 6. The van der Waals surface area contributed by atoms with Crippen LogP contribution >= 0.6 is 0 Å². The van der Waals surface area contributed by atoms with Crippen molar-refractivity contribution in [2.75, 3.05) is 19.8 Å². The minimum absolute atomic E-state index is 0.155. The van der Waals surface area contributed by atoms with Crippen molar-refractivity contribution in [2.24, 2.45) is 5.92 Å². The normalized spacial score (nSPS) is 18.5. The summed E-state index contributed by atoms with van der Waals surface area (Å²) in [4.78, 5) is 11.8. The predicted octanol–water partition coefficient (Wildman–Crippen LogP) is 2.47. The molecule has 2 rings (SSSR count). The van der Waals surface area contributed by atoms with Crippen molar-refractivity contribution in [3.05, 3.63) is 35.4 Å². The van der Waals surface area contributed by atoms with Gasteiger partial charge < -0.3 is 10.1 Å². The third-order valence-corrected chi connectivity index (χ3v) is 3.78. The minimum Gasteiger partial charge on any atom is -0.381 e. The van der Waals surface area contributed by atoms with E-state index < -0.39 is 0 Å². The van der Waals surface area contributed by atoms with Crippen LogP contribution in [-0.4, -0.2) is 25.7 Å². The van der Waals surface area contributed by atoms with E-state index >= 15 is 0 Å². The zero-order valence-electron chi connectivity index (χ0n) is 11.7. The zero-order valence-corrected chi connectivity index (χ0v) is 11.7. The van der Waals surface area contributed by atoms with E-state index in [1.165, 1.54) is 11.1 Å². The lowest BCUT2D eigenvalue weighted by Crippen LogP contribution is -2.26. The Bertz CT molecular complexity index is 411. The van der Waals surface area contributed by atoms with E-state index in [0.717, 1.165) is 39.0 Å². The first kappa shape index (κ1) is 14.1. The summed E-state index contributed by atoms with van der Waals surface area (Å²) in [7, 11) is 0. The van der Waals surface area contributed by atoms with Gasteiger partial charge in [0.05, 0.1) is 0 Å². The fraction of sp³-hybridized carbons (Fsp3) is 0.562. The predicted molar refractivity (Wildman–Crippen MR) is 76.1 cm³/mol. The second-order valence-electron chi connectivity index (χ2n) is 5.29. The van der Waals surface area contributed by atoms with E-state index in [1.807, 2.05) is 12.1 Å². The van der Waals surface area contributed by atoms with Crippen molar-refractivity contribution >= 4 is 5.91 Å². The Morgan fingerprint density at radius 1 is 1.42 bits per heavy atom. The molecule has 19 heavy (non-hydrogen) atoms. The van der Waals surface area contributed by atoms with Crippen molar-refractivity contribution in [3.63, 3.8) is 0 Å². The van der Waals surface area contributed by atoms with Crippen molar-refractivity contribution < 1.29 is 9.53 Å². The molecule has 1 aromatic rings. The summed E-state index contributed by atoms with van der Waals surface area (Å²) in [5.41, 5.74) is 2.53. The van der Waals surface area contributed by atoms with Gasteiger partial charge in [-0.3, -0.25) is 4.79 Å². The minimum atomic E-state index is 0.155. The number of benzene rings is 1. The molecular weight excluding hydrogens is 238 g/mol. The molecule has 1 N–H and O–H groups in total. The van der Waals surface area contributed by atoms with Crippen LogP contribution in [-0.2, 0) is 16.0 Å². The van der Waals surface area contributed by atoms with Crippen LogP contribution in [0.2, 0.25) is 0 Å². The van der Waals surface area contributed by atoms with Crippen molar-refractivity contribution in [1.82, 2.24) is 5.32 Å². The molecule has 104 valence electrons. The lowest BCUT2D eigenvalue weighted by atomic mass is 10.0. The third kappa shape index (κ3) is 4.67. The van der Waals surface area contributed by atoms with E-state index in [9.17, 15) is 4.79 Å². The maximum atomic E-state index is 11.8. The van der Waals surface area contributed by atoms with Crippen LogP contribution in [0, 0.1) is 12.8 Å². The second-order valence-corrected chi connectivity index (χ2v) is 5.29. The molecule has 0 radical (unpaired) electrons. The summed E-state index contributed by atoms with van der Waals surface area (Å²) in [6.07, 6.45) is 3.58. The lowest BCUT2D eigenvalue weighted by Gasteiger charge is -2.09. The molecule has 1 aromatic carbocycles. The number of carbonyl (C=O) groups is 1. The number of carbonyl (C=O) groups excluding carboxylic acids is 1. The number of hydrogen-bond donors (Lipinski definition) is 1. The molecule has 1 aliphatic rings. The maximum Gasteiger partial charge on any atom is 0.220 e. The topological polar surface area (TPSA) is 38.3 Å². The van der Waals surface area contributed by atoms with Gasteiger partial charge in [0.1, 0.15) is 0 Å². The molecule has 0 spiro atoms. The molecule has 1 atom stereocenters. The third-order valence-electron chi connectivity index (χ3n) is 3.78. The highest BCUT2D eigenvalue weighted by atomic mass is 16.5. The second kappa shape index (κ2) is 7.29. The van der Waals surface area contributed by atoms with Crippen LogP contribution in [0.1, 0.15) is 30.4 Å². The van der Waals surface area contributed by atoms with E-state index in [2.05, 4.69) is 24.4 Å². The standard InChI is InChI=1S/C16H23NO2/c1-13-4-2-3-5-15(13)6-7-16(18)17-10-8-14-9-11-19-12-14/h2-5,14H,6-12H2,1H3,(H,17,18)/t14-/m1/s1. The Balaban J connectivity index is 1.63. The van der Waals surface area contributed by atoms with Crippen LogP contribution in [0.5, 0.6) is 0 Å². The summed E-state index contributed by atoms with van der Waals surface area (Å²) >= 11 is 0. The largest absolute Gasteiger partial charge is 0.381 e. The first-order chi connectivity index (χ1) is 9.25. The number of hydrogen-bond acceptors (Lipinski definition) is 2. The van der Waals surface area contributed by atoms with Crippen LogP contribution < -0.4 is 5.32 Å². The first-order valence-electron chi connectivity index (χ1n) is 7.14. The van der Waals surface area contributed by atoms with Gasteiger partial charge >= 0.3 is 0 Å². The molecule has 0 bridgehead atoms. The summed E-state index contributed by atoms with van der Waals surface area (Å²) in [6.45, 7) is 4.61. The quantitative estimate of drug-likeness (QED) is 0.854. The van der Waals surface area contributed by atoms with Crippen molar-refractivity contribution in [3.8, 4) is 0 Å². The highest BCUT2D eigenvalue weighted by molar-refractivity contribution is 5.76. The van der Waals surface area contributed by atoms with Gasteiger partial charge in [-0.25, -0.2) is 0 Å². The van der Waals surface area contributed by atoms with E-state index in [0.29, 0.717) is 12.3 Å². The SMILES string of the molecule is Cc1ccccc1CCC(=O)NCC[C@@H]1CCOC1. The molecule has 1 saturated heterocycles. The zero-order chi connectivity index (χ0) is 13.5. The number of nitrogens with one attached hydrogen (secondary N) is 1. The first-order valence-corrected chi connectivity index (χ1v) is 7.14. The van der Waals surface area contributed by atoms with Gasteiger partial charge in [0.25, 0.3) is 0 Å². The van der Waals surface area contributed by atoms with Gasteiger partial charge in [-0.2, -0.15) is 0 Å². The molecular formula is C16H23NO2. The fourth-order valence-electron chi connectivity index (χ4n) is 2.45. The van der Waals surface area contributed by atoms with Gasteiger partial charge in [-0.15, -0.1) is 0 Å². The lowest BCUT2D eigenvalue weighted by molar-refractivity contribution is -0.121. The summed E-state index contributed by atoms with van der Waals surface area (Å²) < 4.78 is 5.32. The Labute approximate surface area is 115 Å². The molecule has 0 aliphatic carbocycles. The molecule has 1 fully saturated rings. The molecule has 0 saturated carbocycles. The van der Waals surface area contributed by atoms with Gasteiger partial charge in [0, 0.05) is 26.2 Å². The van der Waals surface area contributed by atoms with Crippen LogP contribution in [0.3, 0.4) is 0 Å². The molecule has 1 heterocycles. The number of ether oxygens (including phenoxy) is 1. The Morgan fingerprint density at radius 3 is 3.00 bits per heavy atom. The van der Waals surface area contributed by atoms with Crippen LogP contribution in [0.15, 0.2) is 24.3 Å². The molecule has 1 aliphatic heterocycles. The summed E-state index contributed by atoms with van der Waals surface area (Å²) in [5, 5.41) is 3.00. The molecule has 0 aromatic heterocycles. The Kier molecular flexibility index (Phi) is 5.40. The number of amides is 1. The van der Waals surface area contributed by atoms with Crippen molar-refractivity contribution in [1.29, 1.82) is 0 Å². The monoisotopic (exact) mass is 261 g/mol. The molecule has 1 amide bonds. The van der Waals surface area contributed by atoms with E-state index in [4.69, 9.17) is 4.74 Å². The number of aryl methyl sites for hydroxylation is 2. The van der Waals surface area contributed by atoms with E-state index in [-0.39, 0.29) is 5.91 Å². The van der Waals surface area contributed by atoms with E-state index in [1.54, 1.807) is 0 Å². The average Bonchev–Trinajstić information content (AvgIpc) is 2.91. The molecule has 3 heteroatoms. The van der Waals surface area contributed by atoms with Crippen molar-refractivity contribution in [2.45, 2.75) is 32.6 Å². The fourth-order valence-corrected chi connectivity index (χ4v) is 2.45. The van der Waals surface area contributed by atoms with Gasteiger partial charge in [0.2, 0.25) is 5.91 Å².